The van der Waals surface area contributed by atoms with Crippen LogP contribution in [0.25, 0.3) is 23.3 Å². The van der Waals surface area contributed by atoms with Gasteiger partial charge in [0.2, 0.25) is 23.3 Å². The van der Waals surface area contributed by atoms with Gasteiger partial charge in [-0.1, -0.05) is 0 Å². The molecule has 12 nitrogen and oxygen atoms in total. The van der Waals surface area contributed by atoms with Gasteiger partial charge in [0.25, 0.3) is 0 Å². The third-order valence-electron chi connectivity index (χ3n) is 1.59. The molecule has 16 heavy (non-hydrogen) atoms. The van der Waals surface area contributed by atoms with E-state index in [-0.39, 0.29) is 23.3 Å². The summed E-state index contributed by atoms with van der Waals surface area (Å²) in [5, 5.41) is 40.7. The molecule has 78 valence electrons. The number of nitrogens with one attached hydrogen (secondary N) is 2. The van der Waals surface area contributed by atoms with Crippen molar-refractivity contribution < 1.29 is 0 Å². The molecule has 0 bridgehead atoms. The van der Waals surface area contributed by atoms with Gasteiger partial charge in [-0.2, -0.15) is 0 Å². The molecule has 2 N–H and O–H groups in total. The minimum absolute atomic E-state index is 0.182. The van der Waals surface area contributed by atoms with E-state index < -0.39 is 0 Å². The van der Waals surface area contributed by atoms with Crippen LogP contribution in [0.5, 0.6) is 0 Å². The van der Waals surface area contributed by atoms with Crippen molar-refractivity contribution in [3.8, 4) is 23.3 Å². The normalized spacial score (nSPS) is 10.5. The topological polar surface area (TPSA) is 160 Å². The number of hydrogen-bond donors (Lipinski definition) is 2. The van der Waals surface area contributed by atoms with Crippen molar-refractivity contribution >= 4 is 0 Å². The highest BCUT2D eigenvalue weighted by atomic mass is 15.5. The zero-order valence-corrected chi connectivity index (χ0v) is 7.47. The van der Waals surface area contributed by atoms with Gasteiger partial charge in [0.1, 0.15) is 0 Å². The first-order valence-corrected chi connectivity index (χ1v) is 3.99. The second kappa shape index (κ2) is 3.34. The fourth-order valence-corrected chi connectivity index (χ4v) is 0.927. The number of hydrogen-bond acceptors (Lipinski definition) is 10. The summed E-state index contributed by atoms with van der Waals surface area (Å²) in [5.41, 5.74) is 0. The molecule has 0 aromatic carbocycles. The third kappa shape index (κ3) is 1.33. The summed E-state index contributed by atoms with van der Waals surface area (Å²) < 4.78 is 0. The maximum atomic E-state index is 3.76. The van der Waals surface area contributed by atoms with Gasteiger partial charge in [0, 0.05) is 0 Å². The minimum Gasteiger partial charge on any atom is -0.236 e. The van der Waals surface area contributed by atoms with Crippen molar-refractivity contribution in [2.45, 2.75) is 0 Å². The Labute approximate surface area is 85.9 Å². The molecule has 3 heterocycles. The maximum absolute atomic E-state index is 3.76. The Morgan fingerprint density at radius 2 is 1.00 bits per heavy atom. The minimum atomic E-state index is 0.182. The molecule has 0 radical (unpaired) electrons. The van der Waals surface area contributed by atoms with Gasteiger partial charge in [0.15, 0.2) is 0 Å². The summed E-state index contributed by atoms with van der Waals surface area (Å²) in [4.78, 5) is 0. The van der Waals surface area contributed by atoms with Gasteiger partial charge in [0.05, 0.1) is 0 Å². The first kappa shape index (κ1) is 8.39. The summed E-state index contributed by atoms with van der Waals surface area (Å²) in [5.74, 6) is 0.923. The van der Waals surface area contributed by atoms with Crippen LogP contribution in [0.2, 0.25) is 0 Å². The van der Waals surface area contributed by atoms with Gasteiger partial charge >= 0.3 is 0 Å². The molecule has 0 aliphatic carbocycles. The Bertz CT molecular complexity index is 496. The van der Waals surface area contributed by atoms with Crippen LogP contribution < -0.4 is 0 Å². The van der Waals surface area contributed by atoms with Crippen LogP contribution in [0.3, 0.4) is 0 Å². The summed E-state index contributed by atoms with van der Waals surface area (Å²) in [6, 6.07) is 0. The van der Waals surface area contributed by atoms with E-state index in [0.29, 0.717) is 0 Å². The number of tetrazole rings is 2. The van der Waals surface area contributed by atoms with Gasteiger partial charge in [-0.3, -0.25) is 0 Å². The van der Waals surface area contributed by atoms with Gasteiger partial charge in [-0.15, -0.1) is 30.6 Å². The SMILES string of the molecule is n1n[nH]c(-c2nnc(-c3nnn[nH]3)nn2)n1. The molecule has 3 rings (SSSR count). The lowest BCUT2D eigenvalue weighted by molar-refractivity contribution is 0.851. The Kier molecular flexibility index (Phi) is 1.75. The average molecular weight is 218 g/mol. The van der Waals surface area contributed by atoms with E-state index in [9.17, 15) is 0 Å². The van der Waals surface area contributed by atoms with E-state index in [1.165, 1.54) is 0 Å². The van der Waals surface area contributed by atoms with Crippen LogP contribution in [-0.4, -0.2) is 61.6 Å². The average Bonchev–Trinajstić information content (AvgIpc) is 3.03. The molecular weight excluding hydrogens is 216 g/mol. The predicted octanol–water partition coefficient (Wildman–Crippen LogP) is -2.37. The van der Waals surface area contributed by atoms with Gasteiger partial charge in [-0.25, -0.2) is 10.2 Å². The number of aromatic nitrogens is 12. The highest BCUT2D eigenvalue weighted by Crippen LogP contribution is 2.06. The van der Waals surface area contributed by atoms with E-state index in [1.54, 1.807) is 0 Å². The molecule has 0 fully saturated rings. The van der Waals surface area contributed by atoms with Crippen LogP contribution in [0.4, 0.5) is 0 Å². The fourth-order valence-electron chi connectivity index (χ4n) is 0.927. The van der Waals surface area contributed by atoms with E-state index in [1.807, 2.05) is 0 Å². The smallest absolute Gasteiger partial charge is 0.236 e. The van der Waals surface area contributed by atoms with Crippen LogP contribution in [0.15, 0.2) is 0 Å². The van der Waals surface area contributed by atoms with Crippen LogP contribution in [0.1, 0.15) is 0 Å². The molecule has 3 aromatic heterocycles. The highest BCUT2D eigenvalue weighted by molar-refractivity contribution is 5.42. The largest absolute Gasteiger partial charge is 0.242 e. The molecule has 0 unspecified atom stereocenters. The van der Waals surface area contributed by atoms with E-state index in [0.717, 1.165) is 0 Å². The number of rotatable bonds is 2. The predicted molar refractivity (Wildman–Crippen MR) is 44.0 cm³/mol. The summed E-state index contributed by atoms with van der Waals surface area (Å²) >= 11 is 0. The molecule has 0 saturated carbocycles. The second-order valence-corrected chi connectivity index (χ2v) is 2.55. The first-order valence-electron chi connectivity index (χ1n) is 3.99. The van der Waals surface area contributed by atoms with Crippen LogP contribution >= 0.6 is 0 Å². The second-order valence-electron chi connectivity index (χ2n) is 2.55. The molecule has 0 aliphatic rings. The summed E-state index contributed by atoms with van der Waals surface area (Å²) in [6.45, 7) is 0. The lowest BCUT2D eigenvalue weighted by atomic mass is 10.6. The Balaban J connectivity index is 1.97. The first-order chi connectivity index (χ1) is 7.93. The lowest BCUT2D eigenvalue weighted by Gasteiger charge is -1.92. The van der Waals surface area contributed by atoms with E-state index >= 15 is 0 Å². The van der Waals surface area contributed by atoms with Gasteiger partial charge in [-0.05, 0) is 20.9 Å². The molecule has 0 aliphatic heterocycles. The highest BCUT2D eigenvalue weighted by Gasteiger charge is 2.10. The summed E-state index contributed by atoms with van der Waals surface area (Å²) in [7, 11) is 0. The van der Waals surface area contributed by atoms with E-state index in [4.69, 9.17) is 0 Å². The quantitative estimate of drug-likeness (QED) is 0.475. The Morgan fingerprint density at radius 1 is 0.562 bits per heavy atom. The van der Waals surface area contributed by atoms with Crippen molar-refractivity contribution in [3.63, 3.8) is 0 Å². The standard InChI is InChI=1S/C4H2N12/c5-1(3-9-13-14-10-3)6-8-2(7-5)4-11-15-16-12-4/h(H,9,10,13,14)(H,11,12,15,16). The zero-order valence-electron chi connectivity index (χ0n) is 7.47. The van der Waals surface area contributed by atoms with Crippen molar-refractivity contribution in [1.82, 2.24) is 61.6 Å². The molecule has 12 heteroatoms. The van der Waals surface area contributed by atoms with E-state index in [2.05, 4.69) is 61.6 Å². The number of aromatic amines is 2. The third-order valence-corrected chi connectivity index (χ3v) is 1.59. The number of H-pyrrole nitrogens is 2. The van der Waals surface area contributed by atoms with Crippen molar-refractivity contribution in [2.24, 2.45) is 0 Å². The molecular formula is C4H2N12. The summed E-state index contributed by atoms with van der Waals surface area (Å²) in [6.07, 6.45) is 0. The Morgan fingerprint density at radius 3 is 1.31 bits per heavy atom. The Hall–Kier alpha value is -2.92. The van der Waals surface area contributed by atoms with Crippen molar-refractivity contribution in [1.29, 1.82) is 0 Å². The number of nitrogens with zero attached hydrogens (tertiary/aromatic N) is 10. The molecule has 0 saturated heterocycles. The van der Waals surface area contributed by atoms with Crippen LogP contribution in [-0.2, 0) is 0 Å². The maximum Gasteiger partial charge on any atom is 0.242 e. The lowest BCUT2D eigenvalue weighted by Crippen LogP contribution is -2.01. The molecule has 0 amide bonds. The molecule has 0 atom stereocenters. The monoisotopic (exact) mass is 218 g/mol. The molecule has 0 spiro atoms. The van der Waals surface area contributed by atoms with Crippen molar-refractivity contribution in [3.05, 3.63) is 0 Å². The van der Waals surface area contributed by atoms with Crippen LogP contribution in [0, 0.1) is 0 Å². The van der Waals surface area contributed by atoms with Crippen molar-refractivity contribution in [2.75, 3.05) is 0 Å². The molecule has 3 aromatic rings. The fraction of sp³-hybridized carbons (Fsp3) is 0. The van der Waals surface area contributed by atoms with Gasteiger partial charge < -0.3 is 0 Å². The zero-order chi connectivity index (χ0) is 10.8.